The van der Waals surface area contributed by atoms with Crippen molar-refractivity contribution in [1.82, 2.24) is 29.8 Å². The van der Waals surface area contributed by atoms with Gasteiger partial charge in [-0.25, -0.2) is 4.98 Å². The molecule has 0 unspecified atom stereocenters. The van der Waals surface area contributed by atoms with Gasteiger partial charge in [-0.1, -0.05) is 18.2 Å². The second-order valence-corrected chi connectivity index (χ2v) is 6.57. The fourth-order valence-corrected chi connectivity index (χ4v) is 3.05. The summed E-state index contributed by atoms with van der Waals surface area (Å²) in [7, 11) is 1.60. The van der Waals surface area contributed by atoms with Gasteiger partial charge < -0.3 is 10.1 Å². The normalized spacial score (nSPS) is 11.1. The lowest BCUT2D eigenvalue weighted by atomic mass is 10.1. The molecule has 0 spiro atoms. The van der Waals surface area contributed by atoms with E-state index in [1.54, 1.807) is 7.11 Å². The molecular weight excluding hydrogens is 370 g/mol. The molecule has 2 N–H and O–H groups in total. The van der Waals surface area contributed by atoms with Crippen molar-refractivity contribution in [3.63, 3.8) is 0 Å². The molecule has 148 valence electrons. The summed E-state index contributed by atoms with van der Waals surface area (Å²) >= 11 is 0. The van der Waals surface area contributed by atoms with Crippen molar-refractivity contribution < 1.29 is 9.53 Å². The first kappa shape index (κ1) is 18.8. The molecule has 3 aromatic heterocycles. The highest BCUT2D eigenvalue weighted by molar-refractivity contribution is 5.91. The highest BCUT2D eigenvalue weighted by Gasteiger charge is 2.09. The number of hydrogen-bond donors (Lipinski definition) is 2. The van der Waals surface area contributed by atoms with Crippen molar-refractivity contribution in [2.24, 2.45) is 0 Å². The molecule has 0 aliphatic rings. The first-order chi connectivity index (χ1) is 14.2. The summed E-state index contributed by atoms with van der Waals surface area (Å²) in [5.41, 5.74) is 2.33. The number of aryl methyl sites for hydroxylation is 1. The van der Waals surface area contributed by atoms with E-state index in [2.05, 4.69) is 30.7 Å². The molecule has 3 heterocycles. The third-order valence-electron chi connectivity index (χ3n) is 4.41. The third-order valence-corrected chi connectivity index (χ3v) is 4.41. The molecule has 0 aliphatic carbocycles. The van der Waals surface area contributed by atoms with E-state index in [0.29, 0.717) is 43.2 Å². The number of anilines is 1. The first-order valence-corrected chi connectivity index (χ1v) is 9.32. The topological polar surface area (TPSA) is 110 Å². The van der Waals surface area contributed by atoms with Crippen LogP contribution in [0.4, 0.5) is 5.69 Å². The minimum Gasteiger partial charge on any atom is -0.377 e. The fraction of sp³-hybridized carbons (Fsp3) is 0.250. The molecule has 1 aromatic carbocycles. The van der Waals surface area contributed by atoms with Gasteiger partial charge in [0.05, 0.1) is 0 Å². The molecule has 0 saturated carbocycles. The Morgan fingerprint density at radius 3 is 3.03 bits per heavy atom. The number of nitrogens with zero attached hydrogens (tertiary/aromatic N) is 5. The molecule has 0 aliphatic heterocycles. The van der Waals surface area contributed by atoms with Crippen LogP contribution in [0, 0.1) is 0 Å². The molecule has 0 atom stereocenters. The van der Waals surface area contributed by atoms with E-state index in [1.165, 1.54) is 0 Å². The monoisotopic (exact) mass is 391 g/mol. The van der Waals surface area contributed by atoms with Crippen LogP contribution in [0.3, 0.4) is 0 Å². The number of benzene rings is 1. The van der Waals surface area contributed by atoms with Crippen LogP contribution in [0.15, 0.2) is 48.7 Å². The fourth-order valence-electron chi connectivity index (χ4n) is 3.05. The Morgan fingerprint density at radius 2 is 2.14 bits per heavy atom. The maximum atomic E-state index is 12.3. The Bertz CT molecular complexity index is 1120. The van der Waals surface area contributed by atoms with Crippen LogP contribution in [0.2, 0.25) is 0 Å². The van der Waals surface area contributed by atoms with Crippen molar-refractivity contribution in [3.05, 3.63) is 60.3 Å². The van der Waals surface area contributed by atoms with Crippen LogP contribution in [0.25, 0.3) is 17.0 Å². The van der Waals surface area contributed by atoms with E-state index in [-0.39, 0.29) is 5.91 Å². The summed E-state index contributed by atoms with van der Waals surface area (Å²) in [4.78, 5) is 16.7. The van der Waals surface area contributed by atoms with E-state index in [9.17, 15) is 4.79 Å². The van der Waals surface area contributed by atoms with Gasteiger partial charge in [-0.3, -0.25) is 14.3 Å². The van der Waals surface area contributed by atoms with Gasteiger partial charge in [0.25, 0.3) is 0 Å². The van der Waals surface area contributed by atoms with Crippen molar-refractivity contribution >= 4 is 17.2 Å². The molecule has 9 nitrogen and oxygen atoms in total. The zero-order chi connectivity index (χ0) is 20.1. The van der Waals surface area contributed by atoms with Gasteiger partial charge in [0.2, 0.25) is 5.91 Å². The highest BCUT2D eigenvalue weighted by Crippen LogP contribution is 2.20. The highest BCUT2D eigenvalue weighted by atomic mass is 16.5. The Labute approximate surface area is 167 Å². The molecule has 0 bridgehead atoms. The lowest BCUT2D eigenvalue weighted by Crippen LogP contribution is -2.11. The molecule has 0 radical (unpaired) electrons. The maximum Gasteiger partial charge on any atom is 0.224 e. The Morgan fingerprint density at radius 1 is 1.21 bits per heavy atom. The number of fused-ring (bicyclic) bond motifs is 1. The lowest BCUT2D eigenvalue weighted by molar-refractivity contribution is -0.116. The maximum absolute atomic E-state index is 12.3. The molecule has 0 fully saturated rings. The summed E-state index contributed by atoms with van der Waals surface area (Å²) in [6.45, 7) is 0.366. The van der Waals surface area contributed by atoms with E-state index in [1.807, 2.05) is 53.1 Å². The van der Waals surface area contributed by atoms with Crippen molar-refractivity contribution in [2.45, 2.75) is 25.9 Å². The number of ether oxygens (including phenoxy) is 1. The van der Waals surface area contributed by atoms with Crippen LogP contribution >= 0.6 is 0 Å². The zero-order valence-corrected chi connectivity index (χ0v) is 16.0. The minimum absolute atomic E-state index is 0.0500. The Hall–Kier alpha value is -3.59. The van der Waals surface area contributed by atoms with Crippen molar-refractivity contribution in [2.75, 3.05) is 12.4 Å². The van der Waals surface area contributed by atoms with Gasteiger partial charge in [-0.2, -0.15) is 5.10 Å². The molecule has 4 rings (SSSR count). The van der Waals surface area contributed by atoms with Crippen molar-refractivity contribution in [1.29, 1.82) is 0 Å². The molecule has 4 aromatic rings. The predicted octanol–water partition coefficient (Wildman–Crippen LogP) is 2.62. The number of aromatic amines is 1. The number of pyridine rings is 1. The number of aromatic nitrogens is 6. The van der Waals surface area contributed by atoms with Crippen LogP contribution in [-0.4, -0.2) is 42.8 Å². The van der Waals surface area contributed by atoms with Gasteiger partial charge in [0, 0.05) is 37.4 Å². The van der Waals surface area contributed by atoms with Crippen LogP contribution in [0.5, 0.6) is 0 Å². The van der Waals surface area contributed by atoms with E-state index < -0.39 is 0 Å². The number of hydrogen-bond acceptors (Lipinski definition) is 6. The SMILES string of the molecule is COCc1nc(-c2cccc(NC(=O)CCCc3nnc4ccccn34)c2)n[nH]1. The number of amides is 1. The first-order valence-electron chi connectivity index (χ1n) is 9.32. The Kier molecular flexibility index (Phi) is 5.57. The number of carbonyl (C=O) groups excluding carboxylic acids is 1. The molecule has 29 heavy (non-hydrogen) atoms. The predicted molar refractivity (Wildman–Crippen MR) is 107 cm³/mol. The third kappa shape index (κ3) is 4.46. The summed E-state index contributed by atoms with van der Waals surface area (Å²) in [5.74, 6) is 2.02. The van der Waals surface area contributed by atoms with E-state index in [4.69, 9.17) is 4.74 Å². The number of rotatable bonds is 8. The molecule has 1 amide bonds. The summed E-state index contributed by atoms with van der Waals surface area (Å²) in [5, 5.41) is 18.3. The minimum atomic E-state index is -0.0500. The summed E-state index contributed by atoms with van der Waals surface area (Å²) in [6, 6.07) is 13.2. The Balaban J connectivity index is 1.33. The second-order valence-electron chi connectivity index (χ2n) is 6.57. The van der Waals surface area contributed by atoms with Crippen LogP contribution in [-0.2, 0) is 22.6 Å². The second kappa shape index (κ2) is 8.61. The zero-order valence-electron chi connectivity index (χ0n) is 16.0. The van der Waals surface area contributed by atoms with Gasteiger partial charge in [0.1, 0.15) is 12.4 Å². The van der Waals surface area contributed by atoms with E-state index in [0.717, 1.165) is 17.0 Å². The number of nitrogens with one attached hydrogen (secondary N) is 2. The van der Waals surface area contributed by atoms with Gasteiger partial charge >= 0.3 is 0 Å². The summed E-state index contributed by atoms with van der Waals surface area (Å²) in [6.07, 6.45) is 3.68. The van der Waals surface area contributed by atoms with Crippen LogP contribution in [0.1, 0.15) is 24.5 Å². The number of methoxy groups -OCH3 is 1. The lowest BCUT2D eigenvalue weighted by Gasteiger charge is -2.06. The number of carbonyl (C=O) groups is 1. The smallest absolute Gasteiger partial charge is 0.224 e. The van der Waals surface area contributed by atoms with Gasteiger partial charge in [-0.05, 0) is 30.7 Å². The summed E-state index contributed by atoms with van der Waals surface area (Å²) < 4.78 is 6.98. The van der Waals surface area contributed by atoms with Gasteiger partial charge in [0.15, 0.2) is 17.3 Å². The molecular formula is C20H21N7O2. The molecule has 0 saturated heterocycles. The average molecular weight is 391 g/mol. The van der Waals surface area contributed by atoms with Crippen LogP contribution < -0.4 is 5.32 Å². The largest absolute Gasteiger partial charge is 0.377 e. The van der Waals surface area contributed by atoms with Crippen molar-refractivity contribution in [3.8, 4) is 11.4 Å². The number of H-pyrrole nitrogens is 1. The average Bonchev–Trinajstić information content (AvgIpc) is 3.36. The van der Waals surface area contributed by atoms with E-state index >= 15 is 0 Å². The van der Waals surface area contributed by atoms with Gasteiger partial charge in [-0.15, -0.1) is 10.2 Å². The molecule has 9 heteroatoms. The standard InChI is InChI=1S/C20H21N7O2/c1-29-13-16-22-20(26-23-16)14-6-4-7-15(12-14)21-19(28)10-5-9-18-25-24-17-8-2-3-11-27(17)18/h2-4,6-8,11-12H,5,9-10,13H2,1H3,(H,21,28)(H,22,23,26). The quantitative estimate of drug-likeness (QED) is 0.478.